The van der Waals surface area contributed by atoms with Crippen molar-refractivity contribution in [2.75, 3.05) is 22.3 Å². The first-order valence-electron chi connectivity index (χ1n) is 5.37. The largest absolute Gasteiger partial charge is 0.398 e. The predicted molar refractivity (Wildman–Crippen MR) is 73.6 cm³/mol. The van der Waals surface area contributed by atoms with Crippen LogP contribution in [-0.2, 0) is 10.0 Å². The van der Waals surface area contributed by atoms with E-state index in [4.69, 9.17) is 5.73 Å². The van der Waals surface area contributed by atoms with Crippen LogP contribution in [0.4, 0.5) is 11.4 Å². The number of nitrogen functional groups attached to an aromatic ring is 1. The van der Waals surface area contributed by atoms with Gasteiger partial charge in [-0.05, 0) is 46.5 Å². The quantitative estimate of drug-likeness (QED) is 0.807. The Kier molecular flexibility index (Phi) is 3.12. The fraction of sp³-hybridized carbons (Fsp3) is 0.455. The summed E-state index contributed by atoms with van der Waals surface area (Å²) < 4.78 is 26.2. The van der Waals surface area contributed by atoms with Gasteiger partial charge < -0.3 is 5.73 Å². The molecule has 1 atom stereocenters. The Morgan fingerprint density at radius 3 is 2.65 bits per heavy atom. The molecular weight excluding hydrogens is 304 g/mol. The summed E-state index contributed by atoms with van der Waals surface area (Å²) >= 11 is 3.40. The molecule has 0 radical (unpaired) electrons. The van der Waals surface area contributed by atoms with Gasteiger partial charge in [-0.25, -0.2) is 8.42 Å². The molecule has 17 heavy (non-hydrogen) atoms. The van der Waals surface area contributed by atoms with Crippen molar-refractivity contribution in [2.45, 2.75) is 13.8 Å². The van der Waals surface area contributed by atoms with E-state index >= 15 is 0 Å². The molecule has 1 unspecified atom stereocenters. The molecule has 1 aliphatic rings. The number of benzene rings is 1. The molecule has 1 aliphatic heterocycles. The fourth-order valence-corrected chi connectivity index (χ4v) is 4.74. The van der Waals surface area contributed by atoms with Gasteiger partial charge in [0.25, 0.3) is 0 Å². The highest BCUT2D eigenvalue weighted by Crippen LogP contribution is 2.35. The van der Waals surface area contributed by atoms with E-state index < -0.39 is 10.0 Å². The smallest absolute Gasteiger partial charge is 0.235 e. The predicted octanol–water partition coefficient (Wildman–Crippen LogP) is 2.13. The number of hydrogen-bond acceptors (Lipinski definition) is 3. The van der Waals surface area contributed by atoms with E-state index in [0.29, 0.717) is 17.9 Å². The number of nitrogens with two attached hydrogens (primary N) is 1. The Bertz CT molecular complexity index is 557. The topological polar surface area (TPSA) is 63.4 Å². The lowest BCUT2D eigenvalue weighted by molar-refractivity contribution is 0.598. The van der Waals surface area contributed by atoms with Crippen LogP contribution in [0.1, 0.15) is 12.5 Å². The minimum Gasteiger partial charge on any atom is -0.398 e. The van der Waals surface area contributed by atoms with Gasteiger partial charge in [-0.3, -0.25) is 4.31 Å². The number of halogens is 1. The van der Waals surface area contributed by atoms with Crippen LogP contribution in [0.15, 0.2) is 16.6 Å². The average molecular weight is 319 g/mol. The number of sulfonamides is 1. The Balaban J connectivity index is 2.52. The molecule has 1 aromatic rings. The van der Waals surface area contributed by atoms with Gasteiger partial charge in [-0.2, -0.15) is 0 Å². The van der Waals surface area contributed by atoms with Crippen LogP contribution in [-0.4, -0.2) is 20.7 Å². The Morgan fingerprint density at radius 1 is 1.47 bits per heavy atom. The van der Waals surface area contributed by atoms with Crippen molar-refractivity contribution in [3.8, 4) is 0 Å². The number of anilines is 2. The van der Waals surface area contributed by atoms with Crippen molar-refractivity contribution < 1.29 is 8.42 Å². The highest BCUT2D eigenvalue weighted by Gasteiger charge is 2.34. The molecule has 0 bridgehead atoms. The van der Waals surface area contributed by atoms with Gasteiger partial charge in [-0.1, -0.05) is 6.92 Å². The SMILES string of the molecule is Cc1cc(Br)c(N2CC(C)CS2(=O)=O)cc1N. The molecule has 1 fully saturated rings. The Morgan fingerprint density at radius 2 is 2.12 bits per heavy atom. The lowest BCUT2D eigenvalue weighted by atomic mass is 10.1. The fourth-order valence-electron chi connectivity index (χ4n) is 2.02. The van der Waals surface area contributed by atoms with E-state index in [1.807, 2.05) is 19.9 Å². The van der Waals surface area contributed by atoms with E-state index in [-0.39, 0.29) is 11.7 Å². The molecule has 1 saturated heterocycles. The van der Waals surface area contributed by atoms with Gasteiger partial charge in [0.2, 0.25) is 10.0 Å². The van der Waals surface area contributed by atoms with Crippen molar-refractivity contribution in [3.63, 3.8) is 0 Å². The molecule has 1 aromatic carbocycles. The van der Waals surface area contributed by atoms with Crippen LogP contribution >= 0.6 is 15.9 Å². The van der Waals surface area contributed by atoms with Crippen LogP contribution in [0.5, 0.6) is 0 Å². The minimum atomic E-state index is -3.19. The van der Waals surface area contributed by atoms with Crippen molar-refractivity contribution in [1.29, 1.82) is 0 Å². The number of hydrogen-bond donors (Lipinski definition) is 1. The van der Waals surface area contributed by atoms with E-state index in [1.165, 1.54) is 4.31 Å². The third kappa shape index (κ3) is 2.28. The molecule has 1 heterocycles. The maximum atomic E-state index is 12.0. The zero-order chi connectivity index (χ0) is 12.8. The molecule has 0 spiro atoms. The summed E-state index contributed by atoms with van der Waals surface area (Å²) in [4.78, 5) is 0. The molecule has 6 heteroatoms. The van der Waals surface area contributed by atoms with Crippen LogP contribution in [0.3, 0.4) is 0 Å². The van der Waals surface area contributed by atoms with Crippen molar-refractivity contribution >= 4 is 37.3 Å². The molecule has 0 aromatic heterocycles. The van der Waals surface area contributed by atoms with Crippen molar-refractivity contribution in [2.24, 2.45) is 5.92 Å². The Hall–Kier alpha value is -0.750. The first-order valence-corrected chi connectivity index (χ1v) is 7.77. The molecule has 2 N–H and O–H groups in total. The van der Waals surface area contributed by atoms with Crippen molar-refractivity contribution in [1.82, 2.24) is 0 Å². The summed E-state index contributed by atoms with van der Waals surface area (Å²) in [6, 6.07) is 3.57. The van der Waals surface area contributed by atoms with Gasteiger partial charge in [-0.15, -0.1) is 0 Å². The zero-order valence-corrected chi connectivity index (χ0v) is 12.2. The van der Waals surface area contributed by atoms with Gasteiger partial charge >= 0.3 is 0 Å². The van der Waals surface area contributed by atoms with Crippen LogP contribution in [0.25, 0.3) is 0 Å². The lowest BCUT2D eigenvalue weighted by Gasteiger charge is -2.20. The maximum absolute atomic E-state index is 12.0. The standard InChI is InChI=1S/C11H15BrN2O2S/c1-7-5-14(17(15,16)6-7)11-4-10(13)8(2)3-9(11)12/h3-4,7H,5-6,13H2,1-2H3. The average Bonchev–Trinajstić information content (AvgIpc) is 2.45. The van der Waals surface area contributed by atoms with Crippen molar-refractivity contribution in [3.05, 3.63) is 22.2 Å². The van der Waals surface area contributed by atoms with Gasteiger partial charge in [0.15, 0.2) is 0 Å². The van der Waals surface area contributed by atoms with Crippen LogP contribution < -0.4 is 10.0 Å². The molecule has 2 rings (SSSR count). The second-order valence-corrected chi connectivity index (χ2v) is 7.37. The van der Waals surface area contributed by atoms with Crippen LogP contribution in [0.2, 0.25) is 0 Å². The summed E-state index contributed by atoms with van der Waals surface area (Å²) in [5.41, 5.74) is 8.02. The van der Waals surface area contributed by atoms with Gasteiger partial charge in [0.1, 0.15) is 0 Å². The second kappa shape index (κ2) is 4.17. The molecule has 0 saturated carbocycles. The zero-order valence-electron chi connectivity index (χ0n) is 9.77. The van der Waals surface area contributed by atoms with E-state index in [9.17, 15) is 8.42 Å². The summed E-state index contributed by atoms with van der Waals surface area (Å²) in [7, 11) is -3.19. The number of rotatable bonds is 1. The highest BCUT2D eigenvalue weighted by molar-refractivity contribution is 9.10. The minimum absolute atomic E-state index is 0.148. The molecule has 4 nitrogen and oxygen atoms in total. The Labute approximate surface area is 110 Å². The van der Waals surface area contributed by atoms with E-state index in [2.05, 4.69) is 15.9 Å². The van der Waals surface area contributed by atoms with E-state index in [1.54, 1.807) is 6.07 Å². The second-order valence-electron chi connectivity index (χ2n) is 4.58. The molecule has 0 amide bonds. The summed E-state index contributed by atoms with van der Waals surface area (Å²) in [5, 5.41) is 0. The highest BCUT2D eigenvalue weighted by atomic mass is 79.9. The first-order chi connectivity index (χ1) is 7.81. The number of aryl methyl sites for hydroxylation is 1. The summed E-state index contributed by atoms with van der Waals surface area (Å²) in [6.07, 6.45) is 0. The van der Waals surface area contributed by atoms with Gasteiger partial charge in [0, 0.05) is 16.7 Å². The third-order valence-electron chi connectivity index (χ3n) is 2.91. The normalized spacial score (nSPS) is 23.0. The monoisotopic (exact) mass is 318 g/mol. The summed E-state index contributed by atoms with van der Waals surface area (Å²) in [5.74, 6) is 0.349. The number of nitrogens with zero attached hydrogens (tertiary/aromatic N) is 1. The summed E-state index contributed by atoms with van der Waals surface area (Å²) in [6.45, 7) is 4.34. The van der Waals surface area contributed by atoms with E-state index in [0.717, 1.165) is 10.0 Å². The lowest BCUT2D eigenvalue weighted by Crippen LogP contribution is -2.25. The maximum Gasteiger partial charge on any atom is 0.235 e. The molecule has 0 aliphatic carbocycles. The first kappa shape index (κ1) is 12.7. The molecular formula is C11H15BrN2O2S. The molecule has 94 valence electrons. The third-order valence-corrected chi connectivity index (χ3v) is 5.56. The van der Waals surface area contributed by atoms with Gasteiger partial charge in [0.05, 0.1) is 11.4 Å². The van der Waals surface area contributed by atoms with Crippen LogP contribution in [0, 0.1) is 12.8 Å².